The first-order chi connectivity index (χ1) is 11.7. The van der Waals surface area contributed by atoms with Gasteiger partial charge in [0.15, 0.2) is 0 Å². The lowest BCUT2D eigenvalue weighted by atomic mass is 9.78. The summed E-state index contributed by atoms with van der Waals surface area (Å²) in [5, 5.41) is 10.6. The minimum absolute atomic E-state index is 0. The second kappa shape index (κ2) is 8.99. The summed E-state index contributed by atoms with van der Waals surface area (Å²) in [6.45, 7) is 3.03. The van der Waals surface area contributed by atoms with Crippen LogP contribution >= 0.6 is 12.4 Å². The summed E-state index contributed by atoms with van der Waals surface area (Å²) in [6.07, 6.45) is 2.65. The topological polar surface area (TPSA) is 75.8 Å². The average molecular weight is 369 g/mol. The summed E-state index contributed by atoms with van der Waals surface area (Å²) >= 11 is 0. The van der Waals surface area contributed by atoms with Crippen molar-refractivity contribution in [1.82, 2.24) is 4.90 Å². The molecule has 0 radical (unpaired) electrons. The van der Waals surface area contributed by atoms with E-state index in [1.165, 1.54) is 0 Å². The normalized spacial score (nSPS) is 22.1. The van der Waals surface area contributed by atoms with Gasteiger partial charge >= 0.3 is 0 Å². The van der Waals surface area contributed by atoms with Crippen molar-refractivity contribution in [3.05, 3.63) is 35.9 Å². The number of amides is 1. The third-order valence-electron chi connectivity index (χ3n) is 5.71. The fourth-order valence-electron chi connectivity index (χ4n) is 3.94. The second-order valence-electron chi connectivity index (χ2n) is 7.08. The second-order valence-corrected chi connectivity index (χ2v) is 7.08. The lowest BCUT2D eigenvalue weighted by Gasteiger charge is -2.42. The van der Waals surface area contributed by atoms with Gasteiger partial charge in [-0.3, -0.25) is 4.79 Å². The van der Waals surface area contributed by atoms with Gasteiger partial charge in [-0.05, 0) is 37.2 Å². The highest BCUT2D eigenvalue weighted by molar-refractivity contribution is 5.85. The number of hydrogen-bond acceptors (Lipinski definition) is 4. The monoisotopic (exact) mass is 368 g/mol. The molecule has 2 saturated heterocycles. The van der Waals surface area contributed by atoms with Gasteiger partial charge in [-0.15, -0.1) is 12.4 Å². The molecule has 1 aromatic rings. The molecule has 0 bridgehead atoms. The molecular weight excluding hydrogens is 340 g/mol. The predicted molar refractivity (Wildman–Crippen MR) is 99.5 cm³/mol. The molecule has 0 spiro atoms. The van der Waals surface area contributed by atoms with Crippen molar-refractivity contribution in [3.63, 3.8) is 0 Å². The number of aliphatic hydroxyl groups is 1. The third kappa shape index (κ3) is 4.34. The molecule has 2 heterocycles. The van der Waals surface area contributed by atoms with E-state index >= 15 is 0 Å². The number of halogens is 1. The Hall–Kier alpha value is -1.14. The molecule has 2 fully saturated rings. The van der Waals surface area contributed by atoms with Crippen molar-refractivity contribution in [2.24, 2.45) is 17.1 Å². The maximum Gasteiger partial charge on any atom is 0.230 e. The summed E-state index contributed by atoms with van der Waals surface area (Å²) in [7, 11) is 0. The highest BCUT2D eigenvalue weighted by Gasteiger charge is 2.42. The van der Waals surface area contributed by atoms with E-state index < -0.39 is 11.5 Å². The van der Waals surface area contributed by atoms with Crippen molar-refractivity contribution < 1.29 is 14.6 Å². The van der Waals surface area contributed by atoms with Gasteiger partial charge in [-0.1, -0.05) is 30.3 Å². The number of ether oxygens (including phenoxy) is 1. The molecule has 3 rings (SSSR count). The Kier molecular flexibility index (Phi) is 7.25. The summed E-state index contributed by atoms with van der Waals surface area (Å²) in [6, 6.07) is 9.79. The van der Waals surface area contributed by atoms with Crippen LogP contribution in [0.2, 0.25) is 0 Å². The van der Waals surface area contributed by atoms with Crippen molar-refractivity contribution in [2.75, 3.05) is 32.8 Å². The minimum Gasteiger partial charge on any atom is -0.388 e. The van der Waals surface area contributed by atoms with Crippen molar-refractivity contribution in [1.29, 1.82) is 0 Å². The molecule has 140 valence electrons. The number of likely N-dealkylation sites (tertiary alicyclic amines) is 1. The van der Waals surface area contributed by atoms with Crippen LogP contribution in [0.4, 0.5) is 0 Å². The highest BCUT2D eigenvalue weighted by Crippen LogP contribution is 2.35. The molecular formula is C19H29ClN2O3. The Bertz CT molecular complexity index is 541. The number of hydrogen-bond donors (Lipinski definition) is 2. The highest BCUT2D eigenvalue weighted by atomic mass is 35.5. The fourth-order valence-corrected chi connectivity index (χ4v) is 3.94. The quantitative estimate of drug-likeness (QED) is 0.853. The molecule has 0 aliphatic carbocycles. The van der Waals surface area contributed by atoms with Crippen LogP contribution < -0.4 is 5.73 Å². The van der Waals surface area contributed by atoms with Crippen LogP contribution in [0.15, 0.2) is 30.3 Å². The number of carbonyl (C=O) groups excluding carboxylic acids is 1. The standard InChI is InChI=1S/C19H28N2O3.ClH/c20-14-19(8-12-24-13-9-19)18(23)21-10-6-16(7-11-21)17(22)15-4-2-1-3-5-15;/h1-5,16-17,22H,6-14,20H2;1H. The Morgan fingerprint density at radius 1 is 1.24 bits per heavy atom. The molecule has 1 aromatic carbocycles. The van der Waals surface area contributed by atoms with Gasteiger partial charge < -0.3 is 20.5 Å². The van der Waals surface area contributed by atoms with Gasteiger partial charge in [-0.25, -0.2) is 0 Å². The van der Waals surface area contributed by atoms with Gasteiger partial charge in [0.05, 0.1) is 11.5 Å². The van der Waals surface area contributed by atoms with Crippen LogP contribution in [0, 0.1) is 11.3 Å². The van der Waals surface area contributed by atoms with E-state index in [0.717, 1.165) is 31.2 Å². The molecule has 2 aliphatic rings. The summed E-state index contributed by atoms with van der Waals surface area (Å²) in [5.74, 6) is 0.390. The fraction of sp³-hybridized carbons (Fsp3) is 0.632. The summed E-state index contributed by atoms with van der Waals surface area (Å²) in [4.78, 5) is 14.9. The van der Waals surface area contributed by atoms with Crippen LogP contribution in [-0.2, 0) is 9.53 Å². The van der Waals surface area contributed by atoms with Crippen LogP contribution in [-0.4, -0.2) is 48.8 Å². The molecule has 6 heteroatoms. The zero-order valence-corrected chi connectivity index (χ0v) is 15.4. The van der Waals surface area contributed by atoms with Crippen molar-refractivity contribution in [3.8, 4) is 0 Å². The molecule has 1 amide bonds. The smallest absolute Gasteiger partial charge is 0.230 e. The Morgan fingerprint density at radius 3 is 2.40 bits per heavy atom. The molecule has 0 saturated carbocycles. The van der Waals surface area contributed by atoms with Gasteiger partial charge in [0.25, 0.3) is 0 Å². The van der Waals surface area contributed by atoms with Crippen molar-refractivity contribution >= 4 is 18.3 Å². The molecule has 1 unspecified atom stereocenters. The Morgan fingerprint density at radius 2 is 1.84 bits per heavy atom. The Balaban J connectivity index is 0.00000225. The lowest BCUT2D eigenvalue weighted by Crippen LogP contribution is -2.53. The maximum absolute atomic E-state index is 13.0. The van der Waals surface area contributed by atoms with Crippen LogP contribution in [0.5, 0.6) is 0 Å². The minimum atomic E-state index is -0.449. The Labute approximate surface area is 155 Å². The van der Waals surface area contributed by atoms with Crippen LogP contribution in [0.3, 0.4) is 0 Å². The summed E-state index contributed by atoms with van der Waals surface area (Å²) < 4.78 is 5.40. The first kappa shape index (κ1) is 20.2. The predicted octanol–water partition coefficient (Wildman–Crippen LogP) is 2.14. The van der Waals surface area contributed by atoms with Crippen molar-refractivity contribution in [2.45, 2.75) is 31.8 Å². The number of carbonyl (C=O) groups is 1. The third-order valence-corrected chi connectivity index (χ3v) is 5.71. The number of nitrogens with zero attached hydrogens (tertiary/aromatic N) is 1. The van der Waals surface area contributed by atoms with E-state index in [-0.39, 0.29) is 24.2 Å². The van der Waals surface area contributed by atoms with Gasteiger partial charge in [0, 0.05) is 32.8 Å². The van der Waals surface area contributed by atoms with E-state index in [0.29, 0.717) is 32.8 Å². The first-order valence-corrected chi connectivity index (χ1v) is 8.96. The van der Waals surface area contributed by atoms with E-state index in [4.69, 9.17) is 10.5 Å². The molecule has 2 aliphatic heterocycles. The average Bonchev–Trinajstić information content (AvgIpc) is 2.68. The van der Waals surface area contributed by atoms with Crippen LogP contribution in [0.25, 0.3) is 0 Å². The van der Waals surface area contributed by atoms with E-state index in [2.05, 4.69) is 0 Å². The molecule has 0 aromatic heterocycles. The zero-order valence-electron chi connectivity index (χ0n) is 14.6. The largest absolute Gasteiger partial charge is 0.388 e. The molecule has 3 N–H and O–H groups in total. The zero-order chi connectivity index (χ0) is 17.0. The number of aliphatic hydroxyl groups excluding tert-OH is 1. The number of rotatable bonds is 4. The van der Waals surface area contributed by atoms with E-state index in [1.54, 1.807) is 0 Å². The van der Waals surface area contributed by atoms with E-state index in [1.807, 2.05) is 35.2 Å². The van der Waals surface area contributed by atoms with Gasteiger partial charge in [-0.2, -0.15) is 0 Å². The number of piperidine rings is 1. The molecule has 5 nitrogen and oxygen atoms in total. The SMILES string of the molecule is Cl.NCC1(C(=O)N2CCC(C(O)c3ccccc3)CC2)CCOCC1. The first-order valence-electron chi connectivity index (χ1n) is 8.96. The van der Waals surface area contributed by atoms with Gasteiger partial charge in [0.1, 0.15) is 0 Å². The summed E-state index contributed by atoms with van der Waals surface area (Å²) in [5.41, 5.74) is 6.48. The number of nitrogens with two attached hydrogens (primary N) is 1. The van der Waals surface area contributed by atoms with E-state index in [9.17, 15) is 9.90 Å². The van der Waals surface area contributed by atoms with Gasteiger partial charge in [0.2, 0.25) is 5.91 Å². The molecule has 1 atom stereocenters. The molecule has 25 heavy (non-hydrogen) atoms. The maximum atomic E-state index is 13.0. The van der Waals surface area contributed by atoms with Crippen LogP contribution in [0.1, 0.15) is 37.4 Å². The lowest BCUT2D eigenvalue weighted by molar-refractivity contribution is -0.149. The number of benzene rings is 1.